The lowest BCUT2D eigenvalue weighted by Gasteiger charge is -2.54. The summed E-state index contributed by atoms with van der Waals surface area (Å²) in [5, 5.41) is 10.1. The Morgan fingerprint density at radius 2 is 0.873 bits per heavy atom. The van der Waals surface area contributed by atoms with Crippen LogP contribution in [0.4, 0.5) is 5.69 Å². The second-order valence-corrected chi connectivity index (χ2v) is 17.6. The molecule has 0 fully saturated rings. The molecule has 0 amide bonds. The van der Waals surface area contributed by atoms with Crippen molar-refractivity contribution in [1.82, 2.24) is 10.2 Å². The Labute approximate surface area is 370 Å². The zero-order valence-electron chi connectivity index (χ0n) is 35.7. The molecule has 3 heterocycles. The molecule has 1 spiro atoms. The number of hydrogen-bond donors (Lipinski definition) is 0. The molecule has 12 rings (SSSR count). The van der Waals surface area contributed by atoms with Gasteiger partial charge in [-0.3, -0.25) is 0 Å². The molecule has 3 heteroatoms. The van der Waals surface area contributed by atoms with Crippen LogP contribution < -0.4 is 4.90 Å². The van der Waals surface area contributed by atoms with Crippen molar-refractivity contribution in [2.24, 2.45) is 0 Å². The number of benzene rings is 8. The average Bonchev–Trinajstić information content (AvgIpc) is 3.80. The van der Waals surface area contributed by atoms with Crippen LogP contribution >= 0.6 is 0 Å². The molecular weight excluding hydrogens is 763 g/mol. The third-order valence-electron chi connectivity index (χ3n) is 14.5. The van der Waals surface area contributed by atoms with Gasteiger partial charge in [0.05, 0.1) is 28.0 Å². The molecule has 1 atom stereocenters. The van der Waals surface area contributed by atoms with Gasteiger partial charge in [-0.15, -0.1) is 0 Å². The second kappa shape index (κ2) is 14.6. The van der Waals surface area contributed by atoms with E-state index in [0.717, 1.165) is 37.2 Å². The van der Waals surface area contributed by atoms with E-state index in [-0.39, 0.29) is 0 Å². The standard InChI is InChI=1S/C60H47N3/c1-40-57-58(41(2)62-61-40)63-35-33-47-30-18-19-31-54(47)59(63,34-32-42-20-8-3-9-21-42)60(57)55-38-50(45-26-14-6-15-27-45)48(43-22-10-4-11-23-43)36-52(55)53-37-49(44-24-12-5-13-25-44)51(39-56(53)60)46-28-16-7-17-29-46/h3-31,36-39H,32-35H2,1-2H3. The SMILES string of the molecule is Cc1nnc(C)c2c1N1CCc3ccccc3C1(CCc1ccccc1)C21c2cc(-c3ccccc3)c(-c3ccccc3)cc2-c2cc(-c3ccccc3)c(-c3ccccc3)cc21. The number of rotatable bonds is 7. The monoisotopic (exact) mass is 809 g/mol. The molecule has 0 radical (unpaired) electrons. The molecule has 0 saturated heterocycles. The van der Waals surface area contributed by atoms with Crippen LogP contribution in [0, 0.1) is 13.8 Å². The van der Waals surface area contributed by atoms with Crippen molar-refractivity contribution in [1.29, 1.82) is 0 Å². The lowest BCUT2D eigenvalue weighted by atomic mass is 9.55. The molecule has 9 aromatic rings. The summed E-state index contributed by atoms with van der Waals surface area (Å²) in [6.07, 6.45) is 2.76. The first-order valence-corrected chi connectivity index (χ1v) is 22.4. The molecule has 302 valence electrons. The molecule has 1 aromatic heterocycles. The molecular formula is C60H47N3. The molecule has 3 aliphatic rings. The number of anilines is 1. The van der Waals surface area contributed by atoms with Gasteiger partial charge in [0.1, 0.15) is 0 Å². The molecule has 2 aliphatic heterocycles. The molecule has 3 nitrogen and oxygen atoms in total. The van der Waals surface area contributed by atoms with E-state index in [9.17, 15) is 0 Å². The molecule has 0 bridgehead atoms. The maximum Gasteiger partial charge on any atom is 0.0840 e. The fourth-order valence-corrected chi connectivity index (χ4v) is 12.0. The Balaban J connectivity index is 1.30. The van der Waals surface area contributed by atoms with Crippen LogP contribution in [0.2, 0.25) is 0 Å². The summed E-state index contributed by atoms with van der Waals surface area (Å²) < 4.78 is 0. The van der Waals surface area contributed by atoms with Crippen LogP contribution in [0.15, 0.2) is 200 Å². The number of fused-ring (bicyclic) bond motifs is 12. The van der Waals surface area contributed by atoms with E-state index in [4.69, 9.17) is 10.2 Å². The first kappa shape index (κ1) is 37.4. The van der Waals surface area contributed by atoms with Crippen LogP contribution in [0.5, 0.6) is 0 Å². The van der Waals surface area contributed by atoms with E-state index >= 15 is 0 Å². The molecule has 1 aliphatic carbocycles. The highest BCUT2D eigenvalue weighted by Gasteiger charge is 2.69. The summed E-state index contributed by atoms with van der Waals surface area (Å²) in [4.78, 5) is 2.81. The maximum absolute atomic E-state index is 5.09. The predicted octanol–water partition coefficient (Wildman–Crippen LogP) is 14.0. The number of hydrogen-bond acceptors (Lipinski definition) is 3. The quantitative estimate of drug-likeness (QED) is 0.161. The van der Waals surface area contributed by atoms with Gasteiger partial charge in [0.2, 0.25) is 0 Å². The van der Waals surface area contributed by atoms with Crippen molar-refractivity contribution >= 4 is 5.69 Å². The smallest absolute Gasteiger partial charge is 0.0840 e. The first-order chi connectivity index (χ1) is 31.1. The lowest BCUT2D eigenvalue weighted by Crippen LogP contribution is -2.59. The minimum atomic E-state index is -0.680. The van der Waals surface area contributed by atoms with Crippen LogP contribution in [0.25, 0.3) is 55.6 Å². The fourth-order valence-electron chi connectivity index (χ4n) is 12.0. The van der Waals surface area contributed by atoms with Gasteiger partial charge in [-0.25, -0.2) is 0 Å². The second-order valence-electron chi connectivity index (χ2n) is 17.6. The fraction of sp³-hybridized carbons (Fsp3) is 0.133. The Kier molecular flexibility index (Phi) is 8.69. The van der Waals surface area contributed by atoms with Crippen LogP contribution in [0.3, 0.4) is 0 Å². The molecule has 8 aromatic carbocycles. The minimum Gasteiger partial charge on any atom is -0.358 e. The minimum absolute atomic E-state index is 0.537. The Bertz CT molecular complexity index is 3050. The normalized spacial score (nSPS) is 16.3. The Morgan fingerprint density at radius 3 is 1.38 bits per heavy atom. The van der Waals surface area contributed by atoms with Gasteiger partial charge >= 0.3 is 0 Å². The predicted molar refractivity (Wildman–Crippen MR) is 259 cm³/mol. The highest BCUT2D eigenvalue weighted by molar-refractivity contribution is 6.00. The van der Waals surface area contributed by atoms with Crippen molar-refractivity contribution < 1.29 is 0 Å². The number of aromatic nitrogens is 2. The highest BCUT2D eigenvalue weighted by Crippen LogP contribution is 2.72. The van der Waals surface area contributed by atoms with E-state index in [2.05, 4.69) is 219 Å². The average molecular weight is 810 g/mol. The van der Waals surface area contributed by atoms with Crippen molar-refractivity contribution in [2.75, 3.05) is 11.4 Å². The summed E-state index contributed by atoms with van der Waals surface area (Å²) >= 11 is 0. The van der Waals surface area contributed by atoms with Crippen molar-refractivity contribution in [2.45, 2.75) is 44.1 Å². The highest BCUT2D eigenvalue weighted by atomic mass is 15.3. The zero-order valence-corrected chi connectivity index (χ0v) is 35.7. The van der Waals surface area contributed by atoms with Gasteiger partial charge in [0.15, 0.2) is 0 Å². The molecule has 0 N–H and O–H groups in total. The zero-order chi connectivity index (χ0) is 42.1. The van der Waals surface area contributed by atoms with Crippen LogP contribution in [-0.2, 0) is 23.8 Å². The largest absolute Gasteiger partial charge is 0.358 e. The van der Waals surface area contributed by atoms with E-state index in [1.807, 2.05) is 0 Å². The van der Waals surface area contributed by atoms with E-state index in [0.29, 0.717) is 0 Å². The van der Waals surface area contributed by atoms with Crippen molar-refractivity contribution in [3.05, 3.63) is 245 Å². The van der Waals surface area contributed by atoms with Gasteiger partial charge in [-0.05, 0) is 141 Å². The van der Waals surface area contributed by atoms with Gasteiger partial charge in [0.25, 0.3) is 0 Å². The topological polar surface area (TPSA) is 29.0 Å². The number of nitrogens with zero attached hydrogens (tertiary/aromatic N) is 3. The third-order valence-corrected chi connectivity index (χ3v) is 14.5. The van der Waals surface area contributed by atoms with Crippen LogP contribution in [0.1, 0.15) is 51.2 Å². The lowest BCUT2D eigenvalue weighted by molar-refractivity contribution is 0.276. The summed E-state index contributed by atoms with van der Waals surface area (Å²) in [7, 11) is 0. The van der Waals surface area contributed by atoms with Gasteiger partial charge in [0, 0.05) is 12.1 Å². The van der Waals surface area contributed by atoms with Gasteiger partial charge in [-0.1, -0.05) is 176 Å². The van der Waals surface area contributed by atoms with Crippen molar-refractivity contribution in [3.8, 4) is 55.6 Å². The summed E-state index contributed by atoms with van der Waals surface area (Å²) in [6.45, 7) is 5.29. The van der Waals surface area contributed by atoms with Crippen molar-refractivity contribution in [3.63, 3.8) is 0 Å². The van der Waals surface area contributed by atoms with Gasteiger partial charge < -0.3 is 4.90 Å². The van der Waals surface area contributed by atoms with Gasteiger partial charge in [-0.2, -0.15) is 10.2 Å². The summed E-state index contributed by atoms with van der Waals surface area (Å²) in [6, 6.07) is 74.8. The molecule has 63 heavy (non-hydrogen) atoms. The number of aryl methyl sites for hydroxylation is 3. The van der Waals surface area contributed by atoms with Crippen LogP contribution in [-0.4, -0.2) is 16.7 Å². The Morgan fingerprint density at radius 1 is 0.444 bits per heavy atom. The molecule has 1 unspecified atom stereocenters. The maximum atomic E-state index is 5.09. The molecule has 0 saturated carbocycles. The summed E-state index contributed by atoms with van der Waals surface area (Å²) in [5.74, 6) is 0. The first-order valence-electron chi connectivity index (χ1n) is 22.4. The van der Waals surface area contributed by atoms with E-state index in [1.54, 1.807) is 0 Å². The van der Waals surface area contributed by atoms with E-state index in [1.165, 1.54) is 94.7 Å². The van der Waals surface area contributed by atoms with E-state index < -0.39 is 11.0 Å². The third kappa shape index (κ3) is 5.45. The Hall–Kier alpha value is -7.36. The summed E-state index contributed by atoms with van der Waals surface area (Å²) in [5.41, 5.74) is 22.5.